The number of fused-ring (bicyclic) bond motifs is 1. The molecule has 124 valence electrons. The van der Waals surface area contributed by atoms with Gasteiger partial charge >= 0.3 is 0 Å². The van der Waals surface area contributed by atoms with Crippen molar-refractivity contribution in [2.45, 2.75) is 13.0 Å². The van der Waals surface area contributed by atoms with Crippen molar-refractivity contribution >= 4 is 23.2 Å². The second-order valence-electron chi connectivity index (χ2n) is 5.49. The number of para-hydroxylation sites is 1. The molecule has 0 saturated heterocycles. The molecule has 1 atom stereocenters. The topological polar surface area (TPSA) is 67.9 Å². The first-order valence-electron chi connectivity index (χ1n) is 7.60. The average Bonchev–Trinajstić information content (AvgIpc) is 2.59. The van der Waals surface area contributed by atoms with Crippen molar-refractivity contribution in [3.8, 4) is 11.5 Å². The maximum atomic E-state index is 12.0. The number of likely N-dealkylation sites (N-methyl/N-ethyl adjacent to an activating group) is 1. The molecule has 0 radical (unpaired) electrons. The van der Waals surface area contributed by atoms with Gasteiger partial charge in [0.25, 0.3) is 11.8 Å². The van der Waals surface area contributed by atoms with E-state index in [-0.39, 0.29) is 18.4 Å². The molecule has 2 amide bonds. The van der Waals surface area contributed by atoms with E-state index < -0.39 is 6.10 Å². The number of nitrogens with one attached hydrogen (secondary N) is 1. The Morgan fingerprint density at radius 3 is 2.75 bits per heavy atom. The standard InChI is InChI=1S/C18H18N2O4/c1-12-18(22)20(2)15-9-8-13(10-16(15)24-12)19-17(21)11-23-14-6-4-3-5-7-14/h3-10,12H,11H2,1-2H3,(H,19,21). The van der Waals surface area contributed by atoms with E-state index in [2.05, 4.69) is 5.32 Å². The summed E-state index contributed by atoms with van der Waals surface area (Å²) in [5.74, 6) is 0.824. The molecule has 0 aromatic heterocycles. The van der Waals surface area contributed by atoms with Crippen LogP contribution in [0.25, 0.3) is 0 Å². The van der Waals surface area contributed by atoms with Crippen LogP contribution in [0.4, 0.5) is 11.4 Å². The van der Waals surface area contributed by atoms with Crippen molar-refractivity contribution in [2.24, 2.45) is 0 Å². The highest BCUT2D eigenvalue weighted by Crippen LogP contribution is 2.35. The molecule has 1 aliphatic rings. The van der Waals surface area contributed by atoms with E-state index in [1.54, 1.807) is 49.2 Å². The molecule has 0 aliphatic carbocycles. The van der Waals surface area contributed by atoms with Gasteiger partial charge in [-0.2, -0.15) is 0 Å². The van der Waals surface area contributed by atoms with Crippen molar-refractivity contribution in [3.63, 3.8) is 0 Å². The first-order valence-corrected chi connectivity index (χ1v) is 7.60. The number of benzene rings is 2. The summed E-state index contributed by atoms with van der Waals surface area (Å²) in [6.07, 6.45) is -0.546. The molecule has 0 spiro atoms. The van der Waals surface area contributed by atoms with Gasteiger partial charge in [0.2, 0.25) is 0 Å². The molecule has 1 heterocycles. The predicted molar refractivity (Wildman–Crippen MR) is 90.5 cm³/mol. The highest BCUT2D eigenvalue weighted by Gasteiger charge is 2.28. The third-order valence-corrected chi connectivity index (χ3v) is 3.70. The van der Waals surface area contributed by atoms with Gasteiger partial charge in [0.1, 0.15) is 11.5 Å². The van der Waals surface area contributed by atoms with E-state index in [9.17, 15) is 9.59 Å². The van der Waals surface area contributed by atoms with Crippen molar-refractivity contribution in [3.05, 3.63) is 48.5 Å². The van der Waals surface area contributed by atoms with Gasteiger partial charge in [-0.25, -0.2) is 0 Å². The summed E-state index contributed by atoms with van der Waals surface area (Å²) in [5.41, 5.74) is 1.27. The molecule has 6 nitrogen and oxygen atoms in total. The van der Waals surface area contributed by atoms with Crippen LogP contribution < -0.4 is 19.7 Å². The lowest BCUT2D eigenvalue weighted by molar-refractivity contribution is -0.125. The molecule has 0 bridgehead atoms. The zero-order valence-corrected chi connectivity index (χ0v) is 13.5. The summed E-state index contributed by atoms with van der Waals surface area (Å²) in [4.78, 5) is 25.4. The van der Waals surface area contributed by atoms with Gasteiger partial charge < -0.3 is 19.7 Å². The third kappa shape index (κ3) is 3.32. The number of ether oxygens (including phenoxy) is 2. The number of hydrogen-bond donors (Lipinski definition) is 1. The smallest absolute Gasteiger partial charge is 0.267 e. The van der Waals surface area contributed by atoms with Crippen molar-refractivity contribution < 1.29 is 19.1 Å². The van der Waals surface area contributed by atoms with Crippen molar-refractivity contribution in [2.75, 3.05) is 23.9 Å². The fraction of sp³-hybridized carbons (Fsp3) is 0.222. The van der Waals surface area contributed by atoms with E-state index in [1.165, 1.54) is 0 Å². The van der Waals surface area contributed by atoms with Gasteiger partial charge in [-0.05, 0) is 31.2 Å². The summed E-state index contributed by atoms with van der Waals surface area (Å²) in [5, 5.41) is 2.76. The summed E-state index contributed by atoms with van der Waals surface area (Å²) in [7, 11) is 1.70. The summed E-state index contributed by atoms with van der Waals surface area (Å²) < 4.78 is 11.0. The van der Waals surface area contributed by atoms with Crippen LogP contribution >= 0.6 is 0 Å². The highest BCUT2D eigenvalue weighted by atomic mass is 16.5. The predicted octanol–water partition coefficient (Wildman–Crippen LogP) is 2.45. The molecular formula is C18H18N2O4. The minimum absolute atomic E-state index is 0.0866. The number of rotatable bonds is 4. The van der Waals surface area contributed by atoms with Gasteiger partial charge in [0.15, 0.2) is 12.7 Å². The zero-order chi connectivity index (χ0) is 17.1. The molecule has 0 fully saturated rings. The van der Waals surface area contributed by atoms with Crippen molar-refractivity contribution in [1.82, 2.24) is 0 Å². The Labute approximate surface area is 140 Å². The molecule has 3 rings (SSSR count). The molecule has 1 unspecified atom stereocenters. The van der Waals surface area contributed by atoms with Crippen LogP contribution in [0.3, 0.4) is 0 Å². The van der Waals surface area contributed by atoms with Crippen molar-refractivity contribution in [1.29, 1.82) is 0 Å². The lowest BCUT2D eigenvalue weighted by atomic mass is 10.2. The molecule has 0 saturated carbocycles. The Hall–Kier alpha value is -3.02. The summed E-state index contributed by atoms with van der Waals surface area (Å²) in [6, 6.07) is 14.3. The fourth-order valence-electron chi connectivity index (χ4n) is 2.46. The molecule has 24 heavy (non-hydrogen) atoms. The average molecular weight is 326 g/mol. The van der Waals surface area contributed by atoms with Gasteiger partial charge in [-0.1, -0.05) is 18.2 Å². The Morgan fingerprint density at radius 1 is 1.25 bits per heavy atom. The number of carbonyl (C=O) groups is 2. The van der Waals surface area contributed by atoms with Crippen LogP contribution in [0.15, 0.2) is 48.5 Å². The minimum atomic E-state index is -0.546. The van der Waals surface area contributed by atoms with E-state index in [4.69, 9.17) is 9.47 Å². The second kappa shape index (κ2) is 6.62. The molecule has 6 heteroatoms. The van der Waals surface area contributed by atoms with E-state index in [0.29, 0.717) is 22.9 Å². The minimum Gasteiger partial charge on any atom is -0.484 e. The summed E-state index contributed by atoms with van der Waals surface area (Å²) in [6.45, 7) is 1.61. The Balaban J connectivity index is 1.65. The molecule has 1 N–H and O–H groups in total. The number of hydrogen-bond acceptors (Lipinski definition) is 4. The summed E-state index contributed by atoms with van der Waals surface area (Å²) >= 11 is 0. The van der Waals surface area contributed by atoms with Crippen LogP contribution in [-0.2, 0) is 9.59 Å². The monoisotopic (exact) mass is 326 g/mol. The number of nitrogens with zero attached hydrogens (tertiary/aromatic N) is 1. The zero-order valence-electron chi connectivity index (χ0n) is 13.5. The lowest BCUT2D eigenvalue weighted by Gasteiger charge is -2.30. The molecule has 2 aromatic rings. The fourth-order valence-corrected chi connectivity index (χ4v) is 2.46. The lowest BCUT2D eigenvalue weighted by Crippen LogP contribution is -2.41. The number of carbonyl (C=O) groups excluding carboxylic acids is 2. The van der Waals surface area contributed by atoms with E-state index in [1.807, 2.05) is 18.2 Å². The SMILES string of the molecule is CC1Oc2cc(NC(=O)COc3ccccc3)ccc2N(C)C1=O. The first-order chi connectivity index (χ1) is 11.5. The number of amides is 2. The Kier molecular flexibility index (Phi) is 4.37. The van der Waals surface area contributed by atoms with Crippen LogP contribution in [0, 0.1) is 0 Å². The largest absolute Gasteiger partial charge is 0.484 e. The highest BCUT2D eigenvalue weighted by molar-refractivity contribution is 6.00. The maximum absolute atomic E-state index is 12.0. The molecular weight excluding hydrogens is 308 g/mol. The Morgan fingerprint density at radius 2 is 2.00 bits per heavy atom. The van der Waals surface area contributed by atoms with E-state index in [0.717, 1.165) is 0 Å². The van der Waals surface area contributed by atoms with Crippen LogP contribution in [0.5, 0.6) is 11.5 Å². The molecule has 1 aliphatic heterocycles. The van der Waals surface area contributed by atoms with Crippen LogP contribution in [-0.4, -0.2) is 31.6 Å². The molecule has 2 aromatic carbocycles. The van der Waals surface area contributed by atoms with Crippen LogP contribution in [0.1, 0.15) is 6.92 Å². The first kappa shape index (κ1) is 15.9. The van der Waals surface area contributed by atoms with Gasteiger partial charge in [0.05, 0.1) is 5.69 Å². The van der Waals surface area contributed by atoms with Crippen LogP contribution in [0.2, 0.25) is 0 Å². The second-order valence-corrected chi connectivity index (χ2v) is 5.49. The van der Waals surface area contributed by atoms with E-state index >= 15 is 0 Å². The van der Waals surface area contributed by atoms with Gasteiger partial charge in [-0.3, -0.25) is 9.59 Å². The van der Waals surface area contributed by atoms with Gasteiger partial charge in [-0.15, -0.1) is 0 Å². The Bertz CT molecular complexity index is 761. The number of anilines is 2. The quantitative estimate of drug-likeness (QED) is 0.937. The van der Waals surface area contributed by atoms with Gasteiger partial charge in [0, 0.05) is 18.8 Å². The maximum Gasteiger partial charge on any atom is 0.267 e. The normalized spacial score (nSPS) is 16.2. The third-order valence-electron chi connectivity index (χ3n) is 3.70.